The van der Waals surface area contributed by atoms with Gasteiger partial charge in [-0.1, -0.05) is 0 Å². The second-order valence-electron chi connectivity index (χ2n) is 4.06. The topological polar surface area (TPSA) is 74.7 Å². The molecule has 0 unspecified atom stereocenters. The minimum absolute atomic E-state index is 0.323. The molecule has 9 heteroatoms. The van der Waals surface area contributed by atoms with Gasteiger partial charge in [-0.25, -0.2) is 26.4 Å². The zero-order valence-electron chi connectivity index (χ0n) is 10.6. The molecule has 0 heterocycles. The summed E-state index contributed by atoms with van der Waals surface area (Å²) in [4.78, 5) is 10.2. The Morgan fingerprint density at radius 1 is 1.40 bits per heavy atom. The molecule has 0 bridgehead atoms. The Balaban J connectivity index is 3.41. The van der Waals surface area contributed by atoms with E-state index < -0.39 is 45.2 Å². The molecule has 0 aliphatic rings. The minimum Gasteiger partial charge on any atom is -0.478 e. The van der Waals surface area contributed by atoms with Gasteiger partial charge in [0.05, 0.1) is 17.0 Å². The number of benzene rings is 1. The van der Waals surface area contributed by atoms with E-state index in [4.69, 9.17) is 5.11 Å². The van der Waals surface area contributed by atoms with Crippen LogP contribution < -0.4 is 0 Å². The van der Waals surface area contributed by atoms with Crippen LogP contribution >= 0.6 is 0 Å². The highest BCUT2D eigenvalue weighted by molar-refractivity contribution is 7.89. The first-order chi connectivity index (χ1) is 9.07. The quantitative estimate of drug-likeness (QED) is 0.898. The van der Waals surface area contributed by atoms with Gasteiger partial charge in [-0.15, -0.1) is 0 Å². The van der Waals surface area contributed by atoms with Crippen molar-refractivity contribution in [2.24, 2.45) is 0 Å². The molecule has 0 spiro atoms. The van der Waals surface area contributed by atoms with Crippen molar-refractivity contribution in [3.05, 3.63) is 29.1 Å². The van der Waals surface area contributed by atoms with Crippen LogP contribution in [0, 0.1) is 12.7 Å². The van der Waals surface area contributed by atoms with Crippen molar-refractivity contribution in [3.8, 4) is 0 Å². The first-order valence-electron chi connectivity index (χ1n) is 5.35. The molecule has 1 aromatic carbocycles. The maximum absolute atomic E-state index is 13.6. The van der Waals surface area contributed by atoms with Crippen molar-refractivity contribution in [1.82, 2.24) is 4.31 Å². The van der Waals surface area contributed by atoms with E-state index in [9.17, 15) is 26.4 Å². The van der Waals surface area contributed by atoms with Gasteiger partial charge in [-0.3, -0.25) is 0 Å². The summed E-state index contributed by atoms with van der Waals surface area (Å²) in [5, 5.41) is 8.78. The Bertz CT molecular complexity index is 631. The SMILES string of the molecule is Cc1c(F)cc(C(=O)O)cc1S(=O)(=O)N(C)CC(F)F. The van der Waals surface area contributed by atoms with E-state index in [-0.39, 0.29) is 5.56 Å². The van der Waals surface area contributed by atoms with Gasteiger partial charge in [0.15, 0.2) is 0 Å². The molecule has 0 aliphatic heterocycles. The fourth-order valence-electron chi connectivity index (χ4n) is 1.51. The highest BCUT2D eigenvalue weighted by Crippen LogP contribution is 2.23. The number of rotatable bonds is 5. The molecule has 112 valence electrons. The van der Waals surface area contributed by atoms with E-state index in [2.05, 4.69) is 0 Å². The molecule has 1 N–H and O–H groups in total. The molecule has 0 amide bonds. The lowest BCUT2D eigenvalue weighted by molar-refractivity contribution is 0.0696. The Hall–Kier alpha value is -1.61. The number of hydrogen-bond acceptors (Lipinski definition) is 3. The maximum atomic E-state index is 13.6. The van der Waals surface area contributed by atoms with E-state index in [1.54, 1.807) is 0 Å². The highest BCUT2D eigenvalue weighted by atomic mass is 32.2. The summed E-state index contributed by atoms with van der Waals surface area (Å²) >= 11 is 0. The van der Waals surface area contributed by atoms with Crippen LogP contribution in [-0.2, 0) is 10.0 Å². The lowest BCUT2D eigenvalue weighted by atomic mass is 10.1. The monoisotopic (exact) mass is 311 g/mol. The van der Waals surface area contributed by atoms with Gasteiger partial charge in [0.2, 0.25) is 10.0 Å². The van der Waals surface area contributed by atoms with Gasteiger partial charge in [-0.2, -0.15) is 4.31 Å². The average molecular weight is 311 g/mol. The summed E-state index contributed by atoms with van der Waals surface area (Å²) in [6.07, 6.45) is -2.90. The van der Waals surface area contributed by atoms with Crippen molar-refractivity contribution >= 4 is 16.0 Å². The summed E-state index contributed by atoms with van der Waals surface area (Å²) < 4.78 is 62.5. The van der Waals surface area contributed by atoms with Crippen LogP contribution in [0.25, 0.3) is 0 Å². The Kier molecular flexibility index (Phi) is 4.77. The number of sulfonamides is 1. The molecule has 0 radical (unpaired) electrons. The van der Waals surface area contributed by atoms with E-state index in [0.29, 0.717) is 10.4 Å². The van der Waals surface area contributed by atoms with Crippen LogP contribution in [0.5, 0.6) is 0 Å². The van der Waals surface area contributed by atoms with Gasteiger partial charge in [0, 0.05) is 12.6 Å². The Morgan fingerprint density at radius 3 is 2.40 bits per heavy atom. The average Bonchev–Trinajstić information content (AvgIpc) is 2.30. The maximum Gasteiger partial charge on any atom is 0.335 e. The molecular formula is C11H12F3NO4S. The molecule has 0 aromatic heterocycles. The van der Waals surface area contributed by atoms with E-state index in [1.165, 1.54) is 0 Å². The number of halogens is 3. The molecule has 5 nitrogen and oxygen atoms in total. The molecule has 0 aliphatic carbocycles. The highest BCUT2D eigenvalue weighted by Gasteiger charge is 2.27. The first-order valence-corrected chi connectivity index (χ1v) is 6.79. The van der Waals surface area contributed by atoms with Crippen molar-refractivity contribution in [2.75, 3.05) is 13.6 Å². The summed E-state index contributed by atoms with van der Waals surface area (Å²) in [5.41, 5.74) is -0.895. The van der Waals surface area contributed by atoms with Gasteiger partial charge in [-0.05, 0) is 19.1 Å². The Morgan fingerprint density at radius 2 is 1.95 bits per heavy atom. The summed E-state index contributed by atoms with van der Waals surface area (Å²) in [6, 6.07) is 1.42. The van der Waals surface area contributed by atoms with Crippen LogP contribution in [0.15, 0.2) is 17.0 Å². The third kappa shape index (κ3) is 3.28. The van der Waals surface area contributed by atoms with Gasteiger partial charge < -0.3 is 5.11 Å². The zero-order chi connectivity index (χ0) is 15.7. The summed E-state index contributed by atoms with van der Waals surface area (Å²) in [5.74, 6) is -2.55. The molecular weight excluding hydrogens is 299 g/mol. The molecule has 0 saturated heterocycles. The zero-order valence-corrected chi connectivity index (χ0v) is 11.4. The smallest absolute Gasteiger partial charge is 0.335 e. The molecule has 0 fully saturated rings. The number of nitrogens with zero attached hydrogens (tertiary/aromatic N) is 1. The summed E-state index contributed by atoms with van der Waals surface area (Å²) in [7, 11) is -3.48. The number of carboxylic acid groups (broad SMARTS) is 1. The number of hydrogen-bond donors (Lipinski definition) is 1. The predicted octanol–water partition coefficient (Wildman–Crippen LogP) is 1.72. The van der Waals surface area contributed by atoms with Crippen LogP contribution in [0.2, 0.25) is 0 Å². The fraction of sp³-hybridized carbons (Fsp3) is 0.364. The van der Waals surface area contributed by atoms with E-state index >= 15 is 0 Å². The van der Waals surface area contributed by atoms with Crippen LogP contribution in [0.3, 0.4) is 0 Å². The number of carbonyl (C=O) groups is 1. The van der Waals surface area contributed by atoms with Gasteiger partial charge in [0.1, 0.15) is 5.82 Å². The second kappa shape index (κ2) is 5.80. The van der Waals surface area contributed by atoms with Crippen LogP contribution in [0.1, 0.15) is 15.9 Å². The molecule has 0 atom stereocenters. The minimum atomic E-state index is -4.39. The molecule has 0 saturated carbocycles. The molecule has 1 aromatic rings. The van der Waals surface area contributed by atoms with Crippen molar-refractivity contribution in [2.45, 2.75) is 18.2 Å². The second-order valence-corrected chi connectivity index (χ2v) is 6.08. The van der Waals surface area contributed by atoms with Crippen molar-refractivity contribution in [3.63, 3.8) is 0 Å². The van der Waals surface area contributed by atoms with E-state index in [1.807, 2.05) is 0 Å². The lowest BCUT2D eigenvalue weighted by Crippen LogP contribution is -2.32. The standard InChI is InChI=1S/C11H12F3NO4S/c1-6-8(12)3-7(11(16)17)4-9(6)20(18,19)15(2)5-10(13)14/h3-4,10H,5H2,1-2H3,(H,16,17). The third-order valence-electron chi connectivity index (χ3n) is 2.63. The number of alkyl halides is 2. The number of carboxylic acids is 1. The van der Waals surface area contributed by atoms with Gasteiger partial charge in [0.25, 0.3) is 6.43 Å². The molecule has 20 heavy (non-hydrogen) atoms. The van der Waals surface area contributed by atoms with Crippen molar-refractivity contribution in [1.29, 1.82) is 0 Å². The first kappa shape index (κ1) is 16.4. The largest absolute Gasteiger partial charge is 0.478 e. The number of aromatic carboxylic acids is 1. The fourth-order valence-corrected chi connectivity index (χ4v) is 2.91. The third-order valence-corrected chi connectivity index (χ3v) is 4.58. The van der Waals surface area contributed by atoms with Crippen LogP contribution in [-0.4, -0.2) is 43.8 Å². The Labute approximate surface area is 113 Å². The van der Waals surface area contributed by atoms with E-state index in [0.717, 1.165) is 20.0 Å². The predicted molar refractivity (Wildman–Crippen MR) is 63.9 cm³/mol. The van der Waals surface area contributed by atoms with Crippen LogP contribution in [0.4, 0.5) is 13.2 Å². The molecule has 1 rings (SSSR count). The lowest BCUT2D eigenvalue weighted by Gasteiger charge is -2.18. The van der Waals surface area contributed by atoms with Gasteiger partial charge >= 0.3 is 5.97 Å². The normalized spacial score (nSPS) is 12.2. The summed E-state index contributed by atoms with van der Waals surface area (Å²) in [6.45, 7) is 0.0603. The van der Waals surface area contributed by atoms with Crippen molar-refractivity contribution < 1.29 is 31.5 Å².